The van der Waals surface area contributed by atoms with Crippen LogP contribution in [0.5, 0.6) is 0 Å². The molecule has 1 saturated heterocycles. The SMILES string of the molecule is C/C=C1/C=C(Nc2nc(NC3CCC3)c3ncn(C4OC(CO)C(O)C4O)c3n2)C=CC1=NC. The van der Waals surface area contributed by atoms with Crippen molar-refractivity contribution in [2.75, 3.05) is 24.3 Å². The highest BCUT2D eigenvalue weighted by Crippen LogP contribution is 2.34. The van der Waals surface area contributed by atoms with Crippen LogP contribution in [0.3, 0.4) is 0 Å². The summed E-state index contributed by atoms with van der Waals surface area (Å²) in [5.41, 5.74) is 3.65. The molecule has 180 valence electrons. The van der Waals surface area contributed by atoms with Gasteiger partial charge in [0.25, 0.3) is 0 Å². The highest BCUT2D eigenvalue weighted by molar-refractivity contribution is 6.11. The van der Waals surface area contributed by atoms with Crippen LogP contribution >= 0.6 is 0 Å². The maximum absolute atomic E-state index is 10.5. The second kappa shape index (κ2) is 9.26. The van der Waals surface area contributed by atoms with Crippen LogP contribution in [0.1, 0.15) is 32.4 Å². The van der Waals surface area contributed by atoms with E-state index in [2.05, 4.69) is 30.6 Å². The largest absolute Gasteiger partial charge is 0.394 e. The molecule has 0 radical (unpaired) electrons. The van der Waals surface area contributed by atoms with E-state index in [1.54, 1.807) is 11.6 Å². The fourth-order valence-corrected chi connectivity index (χ4v) is 4.31. The molecule has 2 aromatic heterocycles. The third kappa shape index (κ3) is 4.00. The van der Waals surface area contributed by atoms with Gasteiger partial charge in [-0.2, -0.15) is 9.97 Å². The Hall–Kier alpha value is -3.12. The molecule has 4 atom stereocenters. The van der Waals surface area contributed by atoms with E-state index < -0.39 is 31.1 Å². The van der Waals surface area contributed by atoms with E-state index in [1.807, 2.05) is 31.2 Å². The summed E-state index contributed by atoms with van der Waals surface area (Å²) < 4.78 is 7.28. The van der Waals surface area contributed by atoms with Crippen LogP contribution in [0.15, 0.2) is 46.9 Å². The number of aliphatic hydroxyl groups excluding tert-OH is 3. The van der Waals surface area contributed by atoms with Crippen LogP contribution < -0.4 is 10.6 Å². The minimum atomic E-state index is -1.24. The summed E-state index contributed by atoms with van der Waals surface area (Å²) in [6.45, 7) is 1.55. The van der Waals surface area contributed by atoms with Gasteiger partial charge in [-0.1, -0.05) is 6.08 Å². The van der Waals surface area contributed by atoms with Gasteiger partial charge in [-0.3, -0.25) is 9.56 Å². The minimum Gasteiger partial charge on any atom is -0.394 e. The Morgan fingerprint density at radius 1 is 1.24 bits per heavy atom. The maximum atomic E-state index is 10.5. The zero-order chi connectivity index (χ0) is 23.8. The van der Waals surface area contributed by atoms with Crippen LogP contribution in [0.25, 0.3) is 11.2 Å². The molecule has 1 saturated carbocycles. The smallest absolute Gasteiger partial charge is 0.231 e. The Kier molecular flexibility index (Phi) is 6.17. The molecule has 3 heterocycles. The molecule has 0 spiro atoms. The number of rotatable bonds is 6. The van der Waals surface area contributed by atoms with Crippen molar-refractivity contribution in [1.29, 1.82) is 0 Å². The van der Waals surface area contributed by atoms with Crippen molar-refractivity contribution in [1.82, 2.24) is 19.5 Å². The molecular formula is C23H29N7O4. The Balaban J connectivity index is 1.53. The van der Waals surface area contributed by atoms with Gasteiger partial charge in [0.05, 0.1) is 18.6 Å². The number of ether oxygens (including phenoxy) is 1. The molecule has 1 aliphatic heterocycles. The summed E-state index contributed by atoms with van der Waals surface area (Å²) >= 11 is 0. The van der Waals surface area contributed by atoms with Gasteiger partial charge in [0.1, 0.15) is 18.3 Å². The number of nitrogens with one attached hydrogen (secondary N) is 2. The van der Waals surface area contributed by atoms with E-state index in [-0.39, 0.29) is 0 Å². The number of aliphatic imine (C=N–C) groups is 1. The van der Waals surface area contributed by atoms with E-state index in [1.165, 1.54) is 12.7 Å². The van der Waals surface area contributed by atoms with Crippen LogP contribution in [-0.4, -0.2) is 78.6 Å². The van der Waals surface area contributed by atoms with Crippen molar-refractivity contribution >= 4 is 28.6 Å². The number of allylic oxidation sites excluding steroid dienone is 5. The number of anilines is 2. The number of hydrogen-bond donors (Lipinski definition) is 5. The van der Waals surface area contributed by atoms with Gasteiger partial charge >= 0.3 is 0 Å². The first kappa shape index (κ1) is 22.7. The summed E-state index contributed by atoms with van der Waals surface area (Å²) in [7, 11) is 1.75. The molecule has 0 bridgehead atoms. The molecule has 4 unspecified atom stereocenters. The molecule has 3 aliphatic rings. The van der Waals surface area contributed by atoms with Gasteiger partial charge in [0, 0.05) is 18.8 Å². The van der Waals surface area contributed by atoms with Gasteiger partial charge in [-0.05, 0) is 50.0 Å². The number of aliphatic hydroxyl groups is 3. The molecule has 5 N–H and O–H groups in total. The van der Waals surface area contributed by atoms with Crippen LogP contribution in [0.2, 0.25) is 0 Å². The van der Waals surface area contributed by atoms with Gasteiger partial charge in [-0.25, -0.2) is 4.98 Å². The van der Waals surface area contributed by atoms with Crippen molar-refractivity contribution in [2.45, 2.75) is 56.8 Å². The molecule has 34 heavy (non-hydrogen) atoms. The first-order valence-electron chi connectivity index (χ1n) is 11.5. The normalized spacial score (nSPS) is 29.6. The predicted molar refractivity (Wildman–Crippen MR) is 128 cm³/mol. The highest BCUT2D eigenvalue weighted by Gasteiger charge is 2.44. The van der Waals surface area contributed by atoms with E-state index >= 15 is 0 Å². The molecule has 2 aromatic rings. The van der Waals surface area contributed by atoms with Crippen LogP contribution in [0.4, 0.5) is 11.8 Å². The zero-order valence-corrected chi connectivity index (χ0v) is 19.1. The van der Waals surface area contributed by atoms with Crippen molar-refractivity contribution in [3.05, 3.63) is 41.9 Å². The zero-order valence-electron chi connectivity index (χ0n) is 19.1. The number of nitrogens with zero attached hydrogens (tertiary/aromatic N) is 5. The lowest BCUT2D eigenvalue weighted by Gasteiger charge is -2.27. The Labute approximate surface area is 196 Å². The van der Waals surface area contributed by atoms with E-state index in [9.17, 15) is 15.3 Å². The summed E-state index contributed by atoms with van der Waals surface area (Å²) in [6, 6.07) is 0.316. The van der Waals surface area contributed by atoms with Gasteiger partial charge < -0.3 is 30.7 Å². The lowest BCUT2D eigenvalue weighted by Crippen LogP contribution is -2.33. The van der Waals surface area contributed by atoms with Crippen LogP contribution in [-0.2, 0) is 4.74 Å². The predicted octanol–water partition coefficient (Wildman–Crippen LogP) is 1.28. The standard InChI is InChI=1S/C23H29N7O4/c1-3-12-9-14(7-8-15(12)24-2)27-23-28-20(26-13-5-4-6-13)17-21(29-23)30(11-25-17)22-19(33)18(32)16(10-31)34-22/h3,7-9,11,13,16,18-19,22,31-33H,4-6,10H2,1-2H3,(H2,26,27,28,29)/b12-3-,24-15?. The highest BCUT2D eigenvalue weighted by atomic mass is 16.6. The molecule has 2 aliphatic carbocycles. The summed E-state index contributed by atoms with van der Waals surface area (Å²) in [5.74, 6) is 0.941. The summed E-state index contributed by atoms with van der Waals surface area (Å²) in [5, 5.41) is 36.9. The van der Waals surface area contributed by atoms with Gasteiger partial charge in [0.15, 0.2) is 23.2 Å². The minimum absolute atomic E-state index is 0.316. The maximum Gasteiger partial charge on any atom is 0.231 e. The third-order valence-electron chi connectivity index (χ3n) is 6.49. The molecule has 0 amide bonds. The van der Waals surface area contributed by atoms with E-state index in [4.69, 9.17) is 4.74 Å². The average molecular weight is 468 g/mol. The number of fused-ring (bicyclic) bond motifs is 1. The Bertz CT molecular complexity index is 1200. The number of aromatic nitrogens is 4. The second-order valence-electron chi connectivity index (χ2n) is 8.63. The quantitative estimate of drug-likeness (QED) is 0.423. The molecule has 2 fully saturated rings. The average Bonchev–Trinajstić information content (AvgIpc) is 3.36. The Morgan fingerprint density at radius 2 is 2.06 bits per heavy atom. The summed E-state index contributed by atoms with van der Waals surface area (Å²) in [4.78, 5) is 18.1. The van der Waals surface area contributed by atoms with Gasteiger partial charge in [0.2, 0.25) is 5.95 Å². The van der Waals surface area contributed by atoms with Crippen LogP contribution in [0, 0.1) is 0 Å². The first-order chi connectivity index (χ1) is 16.5. The molecular weight excluding hydrogens is 438 g/mol. The van der Waals surface area contributed by atoms with E-state index in [0.717, 1.165) is 29.8 Å². The Morgan fingerprint density at radius 3 is 2.71 bits per heavy atom. The van der Waals surface area contributed by atoms with Crippen molar-refractivity contribution in [3.63, 3.8) is 0 Å². The topological polar surface area (TPSA) is 150 Å². The molecule has 11 nitrogen and oxygen atoms in total. The van der Waals surface area contributed by atoms with Crippen molar-refractivity contribution < 1.29 is 20.1 Å². The van der Waals surface area contributed by atoms with Gasteiger partial charge in [-0.15, -0.1) is 0 Å². The fraction of sp³-hybridized carbons (Fsp3) is 0.478. The number of hydrogen-bond acceptors (Lipinski definition) is 10. The monoisotopic (exact) mass is 467 g/mol. The molecule has 0 aromatic carbocycles. The van der Waals surface area contributed by atoms with Crippen molar-refractivity contribution in [3.8, 4) is 0 Å². The van der Waals surface area contributed by atoms with Crippen molar-refractivity contribution in [2.24, 2.45) is 4.99 Å². The number of imidazole rings is 1. The summed E-state index contributed by atoms with van der Waals surface area (Å²) in [6.07, 6.45) is 8.29. The third-order valence-corrected chi connectivity index (χ3v) is 6.49. The fourth-order valence-electron chi connectivity index (χ4n) is 4.31. The molecule has 11 heteroatoms. The molecule has 5 rings (SSSR count). The first-order valence-corrected chi connectivity index (χ1v) is 11.5. The van der Waals surface area contributed by atoms with E-state index in [0.29, 0.717) is 29.0 Å². The lowest BCUT2D eigenvalue weighted by molar-refractivity contribution is -0.0511. The second-order valence-corrected chi connectivity index (χ2v) is 8.63. The lowest BCUT2D eigenvalue weighted by atomic mass is 9.93.